The molecule has 0 amide bonds. The third-order valence-corrected chi connectivity index (χ3v) is 15.3. The molecule has 10 aromatic rings. The van der Waals surface area contributed by atoms with Gasteiger partial charge in [-0.25, -0.2) is 30.0 Å². The van der Waals surface area contributed by atoms with Gasteiger partial charge in [-0.1, -0.05) is 152 Å². The van der Waals surface area contributed by atoms with E-state index < -0.39 is 0 Å². The van der Waals surface area contributed by atoms with Crippen molar-refractivity contribution < 1.29 is 0 Å². The second kappa shape index (κ2) is 18.6. The first-order valence-corrected chi connectivity index (χ1v) is 26.5. The van der Waals surface area contributed by atoms with Crippen molar-refractivity contribution in [1.29, 1.82) is 0 Å². The van der Waals surface area contributed by atoms with Gasteiger partial charge in [0.05, 0.1) is 0 Å². The fraction of sp³-hybridized carbons (Fsp3) is 0.262. The molecule has 8 nitrogen and oxygen atoms in total. The lowest BCUT2D eigenvalue weighted by Gasteiger charge is -2.14. The van der Waals surface area contributed by atoms with Crippen molar-refractivity contribution >= 4 is 99.6 Å². The highest BCUT2D eigenvalue weighted by Gasteiger charge is 2.35. The van der Waals surface area contributed by atoms with Crippen LogP contribution in [0.2, 0.25) is 0 Å². The number of aromatic nitrogens is 2. The van der Waals surface area contributed by atoms with Gasteiger partial charge in [-0.15, -0.1) is 0 Å². The summed E-state index contributed by atoms with van der Waals surface area (Å²) in [5.41, 5.74) is 14.9. The van der Waals surface area contributed by atoms with Crippen molar-refractivity contribution in [3.63, 3.8) is 0 Å². The quantitative estimate of drug-likeness (QED) is 0.145. The van der Waals surface area contributed by atoms with Crippen LogP contribution in [0.5, 0.6) is 0 Å². The summed E-state index contributed by atoms with van der Waals surface area (Å²) in [4.78, 5) is 34.2. The standard InChI is InChI=1S/C57H42N8.4C2H6/c1-26-34-17-9-10-18-35(34)27(2)43-42(26)50-58-51(43)61-55-48-32(7)40-23-15-16-24-41(40)33(8)49(48)57-63-53-45-29(4)37-20-12-11-19-36(37)28(3)44(45)52(59-53)62-56-47-31(6)39-22-14-13-21-38(39)30(5)46(47)54(60-50)64(56)25-65(55)57;4*1-2/h9-24H,25H2,1-8H3;4*1-2H3. The predicted octanol–water partition coefficient (Wildman–Crippen LogP) is 16.2. The van der Waals surface area contributed by atoms with E-state index in [-0.39, 0.29) is 0 Å². The van der Waals surface area contributed by atoms with Crippen molar-refractivity contribution in [3.05, 3.63) is 175 Å². The first-order valence-electron chi connectivity index (χ1n) is 26.5. The number of hydrogen-bond donors (Lipinski definition) is 0. The number of nitrogens with zero attached hydrogens (tertiary/aromatic N) is 8. The first-order chi connectivity index (χ1) is 35.6. The largest absolute Gasteiger partial charge is 0.291 e. The number of rotatable bonds is 0. The van der Waals surface area contributed by atoms with E-state index in [0.29, 0.717) is 30.0 Å². The Hall–Kier alpha value is -7.84. The van der Waals surface area contributed by atoms with E-state index in [1.807, 2.05) is 55.4 Å². The number of aliphatic imine (C=N–C) groups is 4. The second-order valence-corrected chi connectivity index (χ2v) is 18.4. The molecule has 0 saturated carbocycles. The maximum absolute atomic E-state index is 5.79. The monoisotopic (exact) mass is 959 g/mol. The summed E-state index contributed by atoms with van der Waals surface area (Å²) in [6, 6.07) is 34.8. The number of fused-ring (bicyclic) bond motifs is 18. The fourth-order valence-corrected chi connectivity index (χ4v) is 12.1. The Morgan fingerprint density at radius 1 is 0.274 bits per heavy atom. The molecule has 0 saturated heterocycles. The molecule has 14 rings (SSSR count). The van der Waals surface area contributed by atoms with Crippen LogP contribution in [0.15, 0.2) is 127 Å². The molecule has 8 aromatic carbocycles. The number of benzene rings is 8. The SMILES string of the molecule is CC.CC.CC.CC.Cc1c2c(c(C)c3ccccc13)C1=Nc3c4c(C)c5ccccc5c(C)c4c4n3Cn3c(c5c(C)c6ccccc6c(C)c5c3=NC3=NC(=N4)c4c3c(C)c3ccccc3c4C)=NC2=N1. The van der Waals surface area contributed by atoms with E-state index in [4.69, 9.17) is 30.0 Å². The molecule has 6 bridgehead atoms. The van der Waals surface area contributed by atoms with Crippen molar-refractivity contribution in [2.75, 3.05) is 0 Å². The van der Waals surface area contributed by atoms with Crippen LogP contribution in [0.1, 0.15) is 122 Å². The molecule has 0 unspecified atom stereocenters. The van der Waals surface area contributed by atoms with Gasteiger partial charge in [-0.05, 0) is 143 Å². The molecule has 0 atom stereocenters. The normalized spacial score (nSPS) is 13.4. The zero-order chi connectivity index (χ0) is 51.9. The van der Waals surface area contributed by atoms with E-state index in [0.717, 1.165) is 111 Å². The average molecular weight is 959 g/mol. The third kappa shape index (κ3) is 6.71. The van der Waals surface area contributed by atoms with Gasteiger partial charge in [0.2, 0.25) is 0 Å². The van der Waals surface area contributed by atoms with Crippen LogP contribution in [0, 0.1) is 55.4 Å². The topological polar surface area (TPSA) is 84.0 Å². The molecule has 366 valence electrons. The van der Waals surface area contributed by atoms with E-state index in [1.54, 1.807) is 0 Å². The Morgan fingerprint density at radius 3 is 0.781 bits per heavy atom. The predicted molar refractivity (Wildman–Crippen MR) is 313 cm³/mol. The minimum Gasteiger partial charge on any atom is -0.291 e. The summed E-state index contributed by atoms with van der Waals surface area (Å²) in [5, 5.41) is 13.8. The van der Waals surface area contributed by atoms with Crippen LogP contribution in [0.3, 0.4) is 0 Å². The number of amidine groups is 4. The molecular formula is C65H66N8. The van der Waals surface area contributed by atoms with Crippen LogP contribution in [0.4, 0.5) is 11.6 Å². The van der Waals surface area contributed by atoms with Crippen LogP contribution in [-0.4, -0.2) is 32.5 Å². The van der Waals surface area contributed by atoms with Gasteiger partial charge in [0.25, 0.3) is 0 Å². The maximum atomic E-state index is 5.79. The molecule has 4 aliphatic heterocycles. The molecule has 73 heavy (non-hydrogen) atoms. The molecule has 0 spiro atoms. The first kappa shape index (κ1) is 48.8. The van der Waals surface area contributed by atoms with Gasteiger partial charge >= 0.3 is 0 Å². The summed E-state index contributed by atoms with van der Waals surface area (Å²) >= 11 is 0. The molecule has 0 N–H and O–H groups in total. The van der Waals surface area contributed by atoms with E-state index in [9.17, 15) is 0 Å². The zero-order valence-electron chi connectivity index (χ0n) is 45.5. The van der Waals surface area contributed by atoms with Gasteiger partial charge in [0.1, 0.15) is 29.3 Å². The summed E-state index contributed by atoms with van der Waals surface area (Å²) in [5.74, 6) is 4.29. The van der Waals surface area contributed by atoms with Gasteiger partial charge in [0, 0.05) is 43.8 Å². The van der Waals surface area contributed by atoms with Crippen molar-refractivity contribution in [3.8, 4) is 0 Å². The Balaban J connectivity index is 0.000000731. The molecule has 6 heterocycles. The Kier molecular flexibility index (Phi) is 12.5. The van der Waals surface area contributed by atoms with Gasteiger partial charge in [0.15, 0.2) is 23.3 Å². The molecular weight excluding hydrogens is 893 g/mol. The van der Waals surface area contributed by atoms with Crippen LogP contribution in [-0.2, 0) is 6.67 Å². The Labute approximate surface area is 429 Å². The van der Waals surface area contributed by atoms with Crippen molar-refractivity contribution in [2.45, 2.75) is 117 Å². The number of aryl methyl sites for hydroxylation is 8. The highest BCUT2D eigenvalue weighted by Crippen LogP contribution is 2.48. The summed E-state index contributed by atoms with van der Waals surface area (Å²) in [6.07, 6.45) is 0. The van der Waals surface area contributed by atoms with E-state index >= 15 is 0 Å². The fourth-order valence-electron chi connectivity index (χ4n) is 12.1. The molecule has 2 aromatic heterocycles. The average Bonchev–Trinajstić information content (AvgIpc) is 4.16. The summed E-state index contributed by atoms with van der Waals surface area (Å²) < 4.78 is 4.63. The van der Waals surface area contributed by atoms with Crippen LogP contribution < -0.4 is 11.0 Å². The molecule has 0 fully saturated rings. The minimum absolute atomic E-state index is 0.358. The molecule has 8 heteroatoms. The Morgan fingerprint density at radius 2 is 0.507 bits per heavy atom. The van der Waals surface area contributed by atoms with E-state index in [2.05, 4.69) is 162 Å². The molecule has 0 radical (unpaired) electrons. The highest BCUT2D eigenvalue weighted by atomic mass is 15.3. The maximum Gasteiger partial charge on any atom is 0.165 e. The van der Waals surface area contributed by atoms with E-state index in [1.165, 1.54) is 43.1 Å². The highest BCUT2D eigenvalue weighted by molar-refractivity contribution is 6.29. The van der Waals surface area contributed by atoms with Gasteiger partial charge < -0.3 is 0 Å². The molecule has 0 aliphatic carbocycles. The second-order valence-electron chi connectivity index (χ2n) is 18.4. The third-order valence-electron chi connectivity index (χ3n) is 15.3. The lowest BCUT2D eigenvalue weighted by atomic mass is 9.90. The smallest absolute Gasteiger partial charge is 0.165 e. The van der Waals surface area contributed by atoms with Crippen LogP contribution >= 0.6 is 0 Å². The van der Waals surface area contributed by atoms with Crippen molar-refractivity contribution in [1.82, 2.24) is 9.13 Å². The van der Waals surface area contributed by atoms with Gasteiger partial charge in [-0.2, -0.15) is 0 Å². The van der Waals surface area contributed by atoms with Crippen LogP contribution in [0.25, 0.3) is 64.6 Å². The van der Waals surface area contributed by atoms with Crippen molar-refractivity contribution in [2.24, 2.45) is 30.0 Å². The summed E-state index contributed by atoms with van der Waals surface area (Å²) in [6.45, 7) is 34.2. The Bertz CT molecular complexity index is 4010. The summed E-state index contributed by atoms with van der Waals surface area (Å²) in [7, 11) is 0. The lowest BCUT2D eigenvalue weighted by molar-refractivity contribution is 0.583. The number of hydrogen-bond acceptors (Lipinski definition) is 6. The van der Waals surface area contributed by atoms with Gasteiger partial charge in [-0.3, -0.25) is 9.13 Å². The zero-order valence-corrected chi connectivity index (χ0v) is 45.5. The lowest BCUT2D eigenvalue weighted by Crippen LogP contribution is -2.32. The minimum atomic E-state index is 0.358. The molecule has 4 aliphatic rings.